The Hall–Kier alpha value is -2.04. The summed E-state index contributed by atoms with van der Waals surface area (Å²) in [4.78, 5) is 24.0. The fourth-order valence-electron chi connectivity index (χ4n) is 3.10. The van der Waals surface area contributed by atoms with Gasteiger partial charge in [-0.25, -0.2) is 13.2 Å². The maximum atomic E-state index is 12.7. The number of carbonyl (C=O) groups is 2. The fraction of sp³-hybridized carbons (Fsp3) is 0.333. The summed E-state index contributed by atoms with van der Waals surface area (Å²) in [6.07, 6.45) is 2.71. The maximum absolute atomic E-state index is 12.7. The molecule has 1 fully saturated rings. The Bertz CT molecular complexity index is 1120. The molecule has 1 N–H and O–H groups in total. The zero-order chi connectivity index (χ0) is 24.0. The second kappa shape index (κ2) is 11.4. The van der Waals surface area contributed by atoms with Crippen LogP contribution in [-0.4, -0.2) is 50.9 Å². The first-order valence-electron chi connectivity index (χ1n) is 10.00. The maximum Gasteiger partial charge on any atom is 0.344 e. The monoisotopic (exact) mass is 534 g/mol. The lowest BCUT2D eigenvalue weighted by atomic mass is 10.2. The Labute approximate surface area is 206 Å². The minimum atomic E-state index is -3.55. The molecule has 0 atom stereocenters. The van der Waals surface area contributed by atoms with Gasteiger partial charge in [0.1, 0.15) is 5.75 Å². The van der Waals surface area contributed by atoms with Gasteiger partial charge in [-0.05, 0) is 43.2 Å². The Morgan fingerprint density at radius 1 is 0.909 bits per heavy atom. The van der Waals surface area contributed by atoms with Gasteiger partial charge in [-0.1, -0.05) is 41.2 Å². The molecule has 0 spiro atoms. The van der Waals surface area contributed by atoms with E-state index in [1.54, 1.807) is 0 Å². The second-order valence-corrected chi connectivity index (χ2v) is 10.3. The van der Waals surface area contributed by atoms with Crippen LogP contribution in [0.2, 0.25) is 15.1 Å². The molecular formula is C21H21Cl3N2O6S. The number of halogens is 3. The van der Waals surface area contributed by atoms with Crippen molar-refractivity contribution in [3.05, 3.63) is 51.5 Å². The molecule has 12 heteroatoms. The summed E-state index contributed by atoms with van der Waals surface area (Å²) < 4.78 is 36.9. The lowest BCUT2D eigenvalue weighted by molar-refractivity contribution is -0.149. The van der Waals surface area contributed by atoms with Crippen LogP contribution in [0.25, 0.3) is 0 Å². The number of benzene rings is 2. The molecule has 1 aliphatic rings. The molecule has 1 heterocycles. The van der Waals surface area contributed by atoms with Crippen molar-refractivity contribution in [1.29, 1.82) is 0 Å². The van der Waals surface area contributed by atoms with Crippen LogP contribution >= 0.6 is 34.8 Å². The van der Waals surface area contributed by atoms with E-state index in [0.717, 1.165) is 19.3 Å². The summed E-state index contributed by atoms with van der Waals surface area (Å²) in [5, 5.41) is 3.15. The Balaban J connectivity index is 1.46. The number of nitrogens with zero attached hydrogens (tertiary/aromatic N) is 1. The topological polar surface area (TPSA) is 102 Å². The Morgan fingerprint density at radius 3 is 2.21 bits per heavy atom. The first-order chi connectivity index (χ1) is 15.7. The van der Waals surface area contributed by atoms with E-state index in [2.05, 4.69) is 5.32 Å². The highest BCUT2D eigenvalue weighted by molar-refractivity contribution is 7.89. The number of hydrogen-bond donors (Lipinski definition) is 1. The zero-order valence-electron chi connectivity index (χ0n) is 17.4. The van der Waals surface area contributed by atoms with E-state index in [1.165, 1.54) is 40.7 Å². The third kappa shape index (κ3) is 6.97. The molecule has 1 saturated heterocycles. The van der Waals surface area contributed by atoms with Gasteiger partial charge in [0, 0.05) is 24.8 Å². The average Bonchev–Trinajstić information content (AvgIpc) is 2.80. The predicted octanol–water partition coefficient (Wildman–Crippen LogP) is 4.38. The van der Waals surface area contributed by atoms with E-state index in [-0.39, 0.29) is 25.7 Å². The number of rotatable bonds is 8. The van der Waals surface area contributed by atoms with Crippen molar-refractivity contribution in [2.75, 3.05) is 31.6 Å². The molecule has 2 aromatic carbocycles. The number of carbonyl (C=O) groups excluding carboxylic acids is 2. The zero-order valence-corrected chi connectivity index (χ0v) is 20.4. The lowest BCUT2D eigenvalue weighted by Gasteiger charge is -2.25. The van der Waals surface area contributed by atoms with Gasteiger partial charge in [-0.15, -0.1) is 0 Å². The van der Waals surface area contributed by atoms with Crippen LogP contribution in [0.1, 0.15) is 19.3 Å². The summed E-state index contributed by atoms with van der Waals surface area (Å²) in [6, 6.07) is 8.56. The third-order valence-corrected chi connectivity index (χ3v) is 7.71. The van der Waals surface area contributed by atoms with Crippen molar-refractivity contribution in [3.63, 3.8) is 0 Å². The molecular weight excluding hydrogens is 515 g/mol. The Kier molecular flexibility index (Phi) is 8.83. The first-order valence-corrected chi connectivity index (χ1v) is 12.6. The van der Waals surface area contributed by atoms with Gasteiger partial charge in [0.15, 0.2) is 13.2 Å². The van der Waals surface area contributed by atoms with Crippen molar-refractivity contribution in [3.8, 4) is 5.75 Å². The van der Waals surface area contributed by atoms with Gasteiger partial charge in [0.05, 0.1) is 20.0 Å². The minimum absolute atomic E-state index is 0.145. The predicted molar refractivity (Wildman–Crippen MR) is 126 cm³/mol. The molecule has 0 bridgehead atoms. The number of ether oxygens (including phenoxy) is 2. The van der Waals surface area contributed by atoms with Crippen LogP contribution in [0, 0.1) is 0 Å². The SMILES string of the molecule is O=C(COC(=O)COc1cc(Cl)c(Cl)cc1Cl)Nc1ccc(S(=O)(=O)N2CCCCC2)cc1. The number of esters is 1. The van der Waals surface area contributed by atoms with Crippen molar-refractivity contribution in [1.82, 2.24) is 4.31 Å². The van der Waals surface area contributed by atoms with Gasteiger partial charge >= 0.3 is 5.97 Å². The molecule has 0 aliphatic carbocycles. The molecule has 1 aliphatic heterocycles. The highest BCUT2D eigenvalue weighted by atomic mass is 35.5. The van der Waals surface area contributed by atoms with Gasteiger partial charge < -0.3 is 14.8 Å². The molecule has 0 saturated carbocycles. The van der Waals surface area contributed by atoms with Crippen LogP contribution in [0.3, 0.4) is 0 Å². The molecule has 8 nitrogen and oxygen atoms in total. The number of piperidine rings is 1. The van der Waals surface area contributed by atoms with Crippen molar-refractivity contribution in [2.45, 2.75) is 24.2 Å². The summed E-state index contributed by atoms with van der Waals surface area (Å²) >= 11 is 17.7. The second-order valence-electron chi connectivity index (χ2n) is 7.18. The summed E-state index contributed by atoms with van der Waals surface area (Å²) in [5.41, 5.74) is 0.368. The normalized spacial score (nSPS) is 14.5. The lowest BCUT2D eigenvalue weighted by Crippen LogP contribution is -2.35. The van der Waals surface area contributed by atoms with Crippen molar-refractivity contribution in [2.24, 2.45) is 0 Å². The van der Waals surface area contributed by atoms with Crippen LogP contribution in [0.4, 0.5) is 5.69 Å². The Morgan fingerprint density at radius 2 is 1.55 bits per heavy atom. The average molecular weight is 536 g/mol. The van der Waals surface area contributed by atoms with Crippen molar-refractivity contribution < 1.29 is 27.5 Å². The summed E-state index contributed by atoms with van der Waals surface area (Å²) in [5.74, 6) is -1.25. The molecule has 1 amide bonds. The van der Waals surface area contributed by atoms with E-state index in [1.807, 2.05) is 0 Å². The molecule has 0 aromatic heterocycles. The van der Waals surface area contributed by atoms with E-state index in [0.29, 0.717) is 18.8 Å². The molecule has 0 radical (unpaired) electrons. The van der Waals surface area contributed by atoms with Gasteiger partial charge in [0.2, 0.25) is 10.0 Å². The van der Waals surface area contributed by atoms with Crippen molar-refractivity contribution >= 4 is 62.4 Å². The van der Waals surface area contributed by atoms with E-state index in [9.17, 15) is 18.0 Å². The minimum Gasteiger partial charge on any atom is -0.480 e. The van der Waals surface area contributed by atoms with Gasteiger partial charge in [-0.3, -0.25) is 4.79 Å². The third-order valence-electron chi connectivity index (χ3n) is 4.78. The largest absolute Gasteiger partial charge is 0.480 e. The van der Waals surface area contributed by atoms with Crippen LogP contribution in [0.15, 0.2) is 41.3 Å². The molecule has 3 rings (SSSR count). The number of sulfonamides is 1. The van der Waals surface area contributed by atoms with E-state index >= 15 is 0 Å². The van der Waals surface area contributed by atoms with Crippen LogP contribution in [0.5, 0.6) is 5.75 Å². The summed E-state index contributed by atoms with van der Waals surface area (Å²) in [7, 11) is -3.55. The van der Waals surface area contributed by atoms with Crippen LogP contribution < -0.4 is 10.1 Å². The van der Waals surface area contributed by atoms with E-state index in [4.69, 9.17) is 44.3 Å². The molecule has 2 aromatic rings. The van der Waals surface area contributed by atoms with Crippen LogP contribution in [-0.2, 0) is 24.3 Å². The quantitative estimate of drug-likeness (QED) is 0.397. The number of amides is 1. The highest BCUT2D eigenvalue weighted by Gasteiger charge is 2.25. The molecule has 178 valence electrons. The highest BCUT2D eigenvalue weighted by Crippen LogP contribution is 2.33. The first kappa shape index (κ1) is 25.6. The summed E-state index contributed by atoms with van der Waals surface area (Å²) in [6.45, 7) is -0.0283. The molecule has 0 unspecified atom stereocenters. The smallest absolute Gasteiger partial charge is 0.344 e. The fourth-order valence-corrected chi connectivity index (χ4v) is 5.21. The van der Waals surface area contributed by atoms with Gasteiger partial charge in [-0.2, -0.15) is 4.31 Å². The number of anilines is 1. The molecule has 33 heavy (non-hydrogen) atoms. The van der Waals surface area contributed by atoms with E-state index < -0.39 is 35.1 Å². The standard InChI is InChI=1S/C21H21Cl3N2O6S/c22-16-10-18(24)19(11-17(16)23)31-13-21(28)32-12-20(27)25-14-4-6-15(7-5-14)33(29,30)26-8-2-1-3-9-26/h4-7,10-11H,1-3,8-9,12-13H2,(H,25,27). The van der Waals surface area contributed by atoms with Gasteiger partial charge in [0.25, 0.3) is 5.91 Å². The number of nitrogens with one attached hydrogen (secondary N) is 1. The number of hydrogen-bond acceptors (Lipinski definition) is 6.